The number of carbonyl (C=O) groups excluding carboxylic acids is 1. The summed E-state index contributed by atoms with van der Waals surface area (Å²) in [6.07, 6.45) is 9.02. The maximum absolute atomic E-state index is 12.3. The first-order valence-corrected chi connectivity index (χ1v) is 14.0. The Balaban J connectivity index is 1.26. The second-order valence-electron chi connectivity index (χ2n) is 9.15. The van der Waals surface area contributed by atoms with Crippen molar-refractivity contribution in [3.8, 4) is 0 Å². The Morgan fingerprint density at radius 2 is 1.89 bits per heavy atom. The Bertz CT molecular complexity index is 1320. The number of amides is 2. The molecular weight excluding hydrogens is 506 g/mol. The number of hydrogen-bond donors (Lipinski definition) is 2. The summed E-state index contributed by atoms with van der Waals surface area (Å²) in [6.45, 7) is 3.06. The van der Waals surface area contributed by atoms with E-state index < -0.39 is 0 Å². The molecule has 1 saturated carbocycles. The molecule has 0 radical (unpaired) electrons. The molecule has 1 saturated heterocycles. The van der Waals surface area contributed by atoms with Crippen LogP contribution in [0.4, 0.5) is 15.7 Å². The van der Waals surface area contributed by atoms with Gasteiger partial charge >= 0.3 is 6.03 Å². The number of urea groups is 1. The highest BCUT2D eigenvalue weighted by Crippen LogP contribution is 2.59. The Morgan fingerprint density at radius 1 is 1.05 bits per heavy atom. The number of benzene rings is 1. The Labute approximate surface area is 223 Å². The van der Waals surface area contributed by atoms with Crippen molar-refractivity contribution in [3.63, 3.8) is 0 Å². The van der Waals surface area contributed by atoms with Gasteiger partial charge in [-0.05, 0) is 49.5 Å². The molecule has 2 amide bonds. The second-order valence-corrected chi connectivity index (χ2v) is 11.4. The van der Waals surface area contributed by atoms with E-state index in [1.165, 1.54) is 11.2 Å². The van der Waals surface area contributed by atoms with Gasteiger partial charge in [0.2, 0.25) is 5.13 Å². The van der Waals surface area contributed by atoms with Gasteiger partial charge in [0.25, 0.3) is 0 Å². The van der Waals surface area contributed by atoms with Crippen LogP contribution in [0.2, 0.25) is 0 Å². The molecule has 190 valence electrons. The van der Waals surface area contributed by atoms with Gasteiger partial charge < -0.3 is 15.0 Å². The number of nitrogens with one attached hydrogen (secondary N) is 2. The van der Waals surface area contributed by atoms with Gasteiger partial charge in [-0.25, -0.2) is 19.7 Å². The summed E-state index contributed by atoms with van der Waals surface area (Å²) in [5.41, 5.74) is 3.01. The zero-order chi connectivity index (χ0) is 25.1. The molecule has 2 aromatic heterocycles. The molecule has 1 aromatic carbocycles. The van der Waals surface area contributed by atoms with E-state index in [1.54, 1.807) is 0 Å². The van der Waals surface area contributed by atoms with Crippen molar-refractivity contribution in [1.82, 2.24) is 24.6 Å². The van der Waals surface area contributed by atoms with Gasteiger partial charge in [0.15, 0.2) is 5.82 Å². The van der Waals surface area contributed by atoms with E-state index in [4.69, 9.17) is 14.7 Å². The van der Waals surface area contributed by atoms with Crippen LogP contribution in [0.15, 0.2) is 65.5 Å². The third-order valence-electron chi connectivity index (χ3n) is 6.57. The Kier molecular flexibility index (Phi) is 6.90. The second kappa shape index (κ2) is 10.6. The lowest BCUT2D eigenvalue weighted by Crippen LogP contribution is -2.37. The summed E-state index contributed by atoms with van der Waals surface area (Å²) in [5, 5.41) is 6.07. The summed E-state index contributed by atoms with van der Waals surface area (Å²) in [5.74, 6) is 1.74. The zero-order valence-electron chi connectivity index (χ0n) is 20.2. The van der Waals surface area contributed by atoms with Crippen LogP contribution in [0.3, 0.4) is 0 Å². The van der Waals surface area contributed by atoms with Crippen LogP contribution < -0.4 is 15.5 Å². The molecule has 3 aromatic rings. The predicted octanol–water partition coefficient (Wildman–Crippen LogP) is 4.83. The van der Waals surface area contributed by atoms with Crippen molar-refractivity contribution >= 4 is 45.8 Å². The number of morpholine rings is 1. The van der Waals surface area contributed by atoms with Crippen molar-refractivity contribution in [2.24, 2.45) is 0 Å². The van der Waals surface area contributed by atoms with Gasteiger partial charge in [-0.3, -0.25) is 5.32 Å². The quantitative estimate of drug-likeness (QED) is 0.445. The number of anilines is 2. The van der Waals surface area contributed by atoms with Crippen LogP contribution in [0, 0.1) is 0 Å². The highest BCUT2D eigenvalue weighted by Gasteiger charge is 2.47. The number of nitrogens with zero attached hydrogens (tertiary/aromatic N) is 5. The number of rotatable bonds is 7. The summed E-state index contributed by atoms with van der Waals surface area (Å²) in [4.78, 5) is 29.9. The molecule has 9 nitrogen and oxygen atoms in total. The van der Waals surface area contributed by atoms with Gasteiger partial charge in [-0.1, -0.05) is 24.3 Å². The lowest BCUT2D eigenvalue weighted by molar-refractivity contribution is 0.122. The van der Waals surface area contributed by atoms with Crippen LogP contribution in [0.1, 0.15) is 37.2 Å². The summed E-state index contributed by atoms with van der Waals surface area (Å²) >= 11 is 3.04. The number of ether oxygens (including phenoxy) is 1. The van der Waals surface area contributed by atoms with E-state index in [0.29, 0.717) is 24.8 Å². The van der Waals surface area contributed by atoms with Crippen LogP contribution in [-0.4, -0.2) is 51.7 Å². The fourth-order valence-corrected chi connectivity index (χ4v) is 6.12. The number of aromatic nitrogens is 4. The molecule has 11 heteroatoms. The molecule has 2 fully saturated rings. The van der Waals surface area contributed by atoms with Crippen molar-refractivity contribution in [3.05, 3.63) is 72.1 Å². The Morgan fingerprint density at radius 3 is 2.59 bits per heavy atom. The molecule has 0 atom stereocenters. The van der Waals surface area contributed by atoms with Crippen LogP contribution in [0.25, 0.3) is 5.57 Å². The fraction of sp³-hybridized carbons (Fsp3) is 0.346. The molecule has 3 heterocycles. The standard InChI is InChI=1S/C26H27N7O2S2/c34-24(32-25-27-17-28-37-25)29-19-8-6-18(7-9-19)23-30-21(16-22(31-23)33-12-14-35-15-13-33)26(10-11-26)36-20-4-2-1-3-5-20/h1-6,8,16-17H,7,9-15H2,(H2,27,28,29,32,34). The smallest absolute Gasteiger partial charge is 0.325 e. The monoisotopic (exact) mass is 533 g/mol. The lowest BCUT2D eigenvalue weighted by atomic mass is 10.0. The fourth-order valence-electron chi connectivity index (χ4n) is 4.43. The normalized spacial score (nSPS) is 18.5. The molecule has 3 aliphatic rings. The van der Waals surface area contributed by atoms with E-state index in [-0.39, 0.29) is 10.8 Å². The van der Waals surface area contributed by atoms with Crippen LogP contribution >= 0.6 is 23.3 Å². The maximum Gasteiger partial charge on any atom is 0.325 e. The van der Waals surface area contributed by atoms with E-state index >= 15 is 0 Å². The number of carbonyl (C=O) groups is 1. The molecule has 2 N–H and O–H groups in total. The minimum absolute atomic E-state index is 0.0133. The van der Waals surface area contributed by atoms with E-state index in [0.717, 1.165) is 72.5 Å². The lowest BCUT2D eigenvalue weighted by Gasteiger charge is -2.29. The van der Waals surface area contributed by atoms with Crippen molar-refractivity contribution in [2.75, 3.05) is 36.5 Å². The van der Waals surface area contributed by atoms with E-state index in [1.807, 2.05) is 23.9 Å². The third-order valence-corrected chi connectivity index (χ3v) is 8.66. The molecule has 0 unspecified atom stereocenters. The number of allylic oxidation sites excluding steroid dienone is 4. The molecule has 37 heavy (non-hydrogen) atoms. The average molecular weight is 534 g/mol. The van der Waals surface area contributed by atoms with Crippen LogP contribution in [-0.2, 0) is 9.48 Å². The summed E-state index contributed by atoms with van der Waals surface area (Å²) in [7, 11) is 0. The summed E-state index contributed by atoms with van der Waals surface area (Å²) in [6, 6.07) is 12.4. The van der Waals surface area contributed by atoms with Crippen molar-refractivity contribution in [2.45, 2.75) is 35.3 Å². The van der Waals surface area contributed by atoms with Gasteiger partial charge in [0.1, 0.15) is 12.1 Å². The topological polar surface area (TPSA) is 105 Å². The van der Waals surface area contributed by atoms with E-state index in [9.17, 15) is 4.79 Å². The van der Waals surface area contributed by atoms with Gasteiger partial charge in [-0.2, -0.15) is 4.37 Å². The molecular formula is C26H27N7O2S2. The predicted molar refractivity (Wildman–Crippen MR) is 146 cm³/mol. The zero-order valence-corrected chi connectivity index (χ0v) is 21.9. The minimum atomic E-state index is -0.318. The van der Waals surface area contributed by atoms with Crippen molar-refractivity contribution < 1.29 is 9.53 Å². The van der Waals surface area contributed by atoms with E-state index in [2.05, 4.69) is 61.3 Å². The molecule has 0 spiro atoms. The average Bonchev–Trinajstić information content (AvgIpc) is 3.54. The first-order valence-electron chi connectivity index (χ1n) is 12.4. The first-order chi connectivity index (χ1) is 18.2. The van der Waals surface area contributed by atoms with Gasteiger partial charge in [-0.15, -0.1) is 11.8 Å². The maximum atomic E-state index is 12.3. The largest absolute Gasteiger partial charge is 0.378 e. The van der Waals surface area contributed by atoms with Crippen molar-refractivity contribution in [1.29, 1.82) is 0 Å². The highest BCUT2D eigenvalue weighted by molar-refractivity contribution is 8.00. The number of hydrogen-bond acceptors (Lipinski definition) is 9. The molecule has 0 bridgehead atoms. The third kappa shape index (κ3) is 5.68. The molecule has 1 aliphatic heterocycles. The SMILES string of the molecule is O=C(NC1=CC=C(c2nc(N3CCOCC3)cc(C3(Sc4ccccc4)CC3)n2)CC1)Nc1ncns1. The van der Waals surface area contributed by atoms with Crippen LogP contribution in [0.5, 0.6) is 0 Å². The number of thioether (sulfide) groups is 1. The first kappa shape index (κ1) is 24.1. The summed E-state index contributed by atoms with van der Waals surface area (Å²) < 4.78 is 9.46. The molecule has 6 rings (SSSR count). The Hall–Kier alpha value is -3.28. The highest BCUT2D eigenvalue weighted by atomic mass is 32.2. The molecule has 2 aliphatic carbocycles. The van der Waals surface area contributed by atoms with Gasteiger partial charge in [0, 0.05) is 41.3 Å². The van der Waals surface area contributed by atoms with Gasteiger partial charge in [0.05, 0.1) is 23.7 Å². The minimum Gasteiger partial charge on any atom is -0.378 e.